The van der Waals surface area contributed by atoms with Gasteiger partial charge in [-0.1, -0.05) is 42.5 Å². The number of pyridine rings is 1. The molecule has 1 aliphatic rings. The molecule has 1 saturated heterocycles. The third-order valence-electron chi connectivity index (χ3n) is 6.82. The van der Waals surface area contributed by atoms with Crippen molar-refractivity contribution in [2.45, 2.75) is 6.92 Å². The molecule has 4 aromatic rings. The van der Waals surface area contributed by atoms with Gasteiger partial charge >= 0.3 is 0 Å². The molecule has 0 saturated carbocycles. The summed E-state index contributed by atoms with van der Waals surface area (Å²) in [6.45, 7) is 5.68. The molecule has 1 aromatic heterocycles. The molecule has 5 rings (SSSR count). The number of anilines is 1. The lowest BCUT2D eigenvalue weighted by atomic mass is 10.0. The summed E-state index contributed by atoms with van der Waals surface area (Å²) in [6.07, 6.45) is 0. The number of likely N-dealkylation sites (N-methyl/N-ethyl adjacent to an activating group) is 1. The molecular formula is C30H30N6O4. The van der Waals surface area contributed by atoms with E-state index in [1.165, 1.54) is 12.1 Å². The summed E-state index contributed by atoms with van der Waals surface area (Å²) < 4.78 is 7.26. The highest BCUT2D eigenvalue weighted by Gasteiger charge is 2.24. The monoisotopic (exact) mass is 538 g/mol. The minimum atomic E-state index is -0.513. The molecule has 1 fully saturated rings. The van der Waals surface area contributed by atoms with Gasteiger partial charge in [-0.3, -0.25) is 19.5 Å². The van der Waals surface area contributed by atoms with Crippen molar-refractivity contribution in [2.24, 2.45) is 10.2 Å². The maximum absolute atomic E-state index is 14.3. The number of benzene rings is 3. The number of ether oxygens (including phenoxy) is 1. The molecule has 0 radical (unpaired) electrons. The fraction of sp³-hybridized carbons (Fsp3) is 0.233. The second-order valence-corrected chi connectivity index (χ2v) is 9.43. The first-order valence-electron chi connectivity index (χ1n) is 13.1. The second kappa shape index (κ2) is 11.9. The molecule has 3 aromatic carbocycles. The normalized spacial score (nSPS) is 14.0. The Balaban J connectivity index is 1.74. The van der Waals surface area contributed by atoms with E-state index in [0.29, 0.717) is 23.6 Å². The van der Waals surface area contributed by atoms with Gasteiger partial charge in [0.15, 0.2) is 11.4 Å². The van der Waals surface area contributed by atoms with Gasteiger partial charge in [0.1, 0.15) is 11.6 Å². The van der Waals surface area contributed by atoms with Gasteiger partial charge in [0.25, 0.3) is 11.2 Å². The van der Waals surface area contributed by atoms with Crippen LogP contribution in [0.3, 0.4) is 0 Å². The molecule has 0 unspecified atom stereocenters. The Labute approximate surface area is 231 Å². The number of para-hydroxylation sites is 2. The van der Waals surface area contributed by atoms with Crippen molar-refractivity contribution in [1.82, 2.24) is 9.47 Å². The zero-order valence-corrected chi connectivity index (χ0v) is 22.4. The maximum atomic E-state index is 14.3. The van der Waals surface area contributed by atoms with E-state index >= 15 is 0 Å². The van der Waals surface area contributed by atoms with Gasteiger partial charge in [-0.05, 0) is 55.9 Å². The molecule has 204 valence electrons. The minimum Gasteiger partial charge on any atom is -0.494 e. The van der Waals surface area contributed by atoms with E-state index in [0.717, 1.165) is 37.6 Å². The molecule has 0 aliphatic carbocycles. The summed E-state index contributed by atoms with van der Waals surface area (Å²) in [7, 11) is 2.08. The van der Waals surface area contributed by atoms with Crippen LogP contribution in [-0.2, 0) is 0 Å². The molecule has 0 amide bonds. The van der Waals surface area contributed by atoms with E-state index in [-0.39, 0.29) is 22.6 Å². The number of azo groups is 1. The van der Waals surface area contributed by atoms with Gasteiger partial charge < -0.3 is 14.5 Å². The summed E-state index contributed by atoms with van der Waals surface area (Å²) in [6, 6.07) is 24.9. The molecular weight excluding hydrogens is 508 g/mol. The molecule has 10 nitrogen and oxygen atoms in total. The highest BCUT2D eigenvalue weighted by atomic mass is 16.6. The third kappa shape index (κ3) is 5.62. The standard InChI is InChI=1S/C30H30N6O4/c1-3-40-24-15-13-22(14-16-24)25-21-28(34-19-17-33(2)18-20-34)35(23-9-5-4-6-10-23)30(37)29(25)32-31-26-11-7-8-12-27(26)36(38)39/h4-16,21H,3,17-20H2,1-2H3. The predicted molar refractivity (Wildman–Crippen MR) is 156 cm³/mol. The van der Waals surface area contributed by atoms with Crippen LogP contribution in [0, 0.1) is 10.1 Å². The van der Waals surface area contributed by atoms with Crippen molar-refractivity contribution in [3.63, 3.8) is 0 Å². The van der Waals surface area contributed by atoms with Crippen LogP contribution in [-0.4, -0.2) is 54.2 Å². The molecule has 0 atom stereocenters. The zero-order chi connectivity index (χ0) is 28.1. The van der Waals surface area contributed by atoms with Crippen molar-refractivity contribution in [3.8, 4) is 22.6 Å². The number of hydrogen-bond donors (Lipinski definition) is 0. The molecule has 0 bridgehead atoms. The van der Waals surface area contributed by atoms with Crippen LogP contribution in [0.1, 0.15) is 6.92 Å². The van der Waals surface area contributed by atoms with Gasteiger partial charge in [-0.25, -0.2) is 0 Å². The van der Waals surface area contributed by atoms with Crippen LogP contribution in [0.2, 0.25) is 0 Å². The quantitative estimate of drug-likeness (QED) is 0.155. The number of rotatable bonds is 8. The van der Waals surface area contributed by atoms with Crippen LogP contribution >= 0.6 is 0 Å². The van der Waals surface area contributed by atoms with Crippen molar-refractivity contribution in [3.05, 3.63) is 105 Å². The topological polar surface area (TPSA) is 106 Å². The lowest BCUT2D eigenvalue weighted by Crippen LogP contribution is -2.46. The third-order valence-corrected chi connectivity index (χ3v) is 6.82. The van der Waals surface area contributed by atoms with Gasteiger partial charge in [0, 0.05) is 37.8 Å². The molecule has 2 heterocycles. The number of nitro groups is 1. The van der Waals surface area contributed by atoms with Gasteiger partial charge in [-0.15, -0.1) is 10.2 Å². The van der Waals surface area contributed by atoms with Crippen LogP contribution in [0.25, 0.3) is 16.8 Å². The van der Waals surface area contributed by atoms with Crippen molar-refractivity contribution in [1.29, 1.82) is 0 Å². The molecule has 0 N–H and O–H groups in total. The van der Waals surface area contributed by atoms with Crippen LogP contribution in [0.4, 0.5) is 22.9 Å². The Morgan fingerprint density at radius 2 is 1.57 bits per heavy atom. The summed E-state index contributed by atoms with van der Waals surface area (Å²) in [5, 5.41) is 20.1. The minimum absolute atomic E-state index is 0.0685. The second-order valence-electron chi connectivity index (χ2n) is 9.43. The Kier molecular flexibility index (Phi) is 7.97. The van der Waals surface area contributed by atoms with Gasteiger partial charge in [0.2, 0.25) is 0 Å². The zero-order valence-electron chi connectivity index (χ0n) is 22.4. The van der Waals surface area contributed by atoms with Crippen LogP contribution < -0.4 is 15.2 Å². The maximum Gasteiger partial charge on any atom is 0.296 e. The van der Waals surface area contributed by atoms with E-state index in [1.54, 1.807) is 16.7 Å². The average molecular weight is 539 g/mol. The summed E-state index contributed by atoms with van der Waals surface area (Å²) in [5.74, 6) is 1.46. The Hall–Kier alpha value is -4.83. The number of piperazine rings is 1. The number of hydrogen-bond acceptors (Lipinski definition) is 8. The predicted octanol–water partition coefficient (Wildman–Crippen LogP) is 5.98. The van der Waals surface area contributed by atoms with Gasteiger partial charge in [-0.2, -0.15) is 0 Å². The van der Waals surface area contributed by atoms with E-state index < -0.39 is 4.92 Å². The summed E-state index contributed by atoms with van der Waals surface area (Å²) in [4.78, 5) is 29.8. The molecule has 40 heavy (non-hydrogen) atoms. The average Bonchev–Trinajstić information content (AvgIpc) is 2.98. The fourth-order valence-corrected chi connectivity index (χ4v) is 4.70. The van der Waals surface area contributed by atoms with E-state index in [9.17, 15) is 14.9 Å². The molecule has 0 spiro atoms. The lowest BCUT2D eigenvalue weighted by molar-refractivity contribution is -0.384. The lowest BCUT2D eigenvalue weighted by Gasteiger charge is -2.35. The van der Waals surface area contributed by atoms with Crippen LogP contribution in [0.5, 0.6) is 5.75 Å². The highest BCUT2D eigenvalue weighted by molar-refractivity contribution is 5.79. The smallest absolute Gasteiger partial charge is 0.296 e. The van der Waals surface area contributed by atoms with E-state index in [4.69, 9.17) is 4.74 Å². The summed E-state index contributed by atoms with van der Waals surface area (Å²) >= 11 is 0. The fourth-order valence-electron chi connectivity index (χ4n) is 4.70. The Morgan fingerprint density at radius 1 is 0.900 bits per heavy atom. The molecule has 1 aliphatic heterocycles. The number of nitro benzene ring substituents is 1. The van der Waals surface area contributed by atoms with E-state index in [2.05, 4.69) is 27.1 Å². The number of nitrogens with zero attached hydrogens (tertiary/aromatic N) is 6. The van der Waals surface area contributed by atoms with E-state index in [1.807, 2.05) is 67.6 Å². The van der Waals surface area contributed by atoms with Crippen molar-refractivity contribution >= 4 is 22.9 Å². The SMILES string of the molecule is CCOc1ccc(-c2cc(N3CCN(C)CC3)n(-c3ccccc3)c(=O)c2N=Nc2ccccc2[N+](=O)[O-])cc1. The van der Waals surface area contributed by atoms with Gasteiger partial charge in [0.05, 0.1) is 17.2 Å². The van der Waals surface area contributed by atoms with Crippen molar-refractivity contribution in [2.75, 3.05) is 44.7 Å². The first-order valence-corrected chi connectivity index (χ1v) is 13.1. The summed E-state index contributed by atoms with van der Waals surface area (Å²) in [5.41, 5.74) is 1.63. The highest BCUT2D eigenvalue weighted by Crippen LogP contribution is 2.36. The largest absolute Gasteiger partial charge is 0.494 e. The molecule has 10 heteroatoms. The Bertz CT molecular complexity index is 1580. The van der Waals surface area contributed by atoms with Crippen molar-refractivity contribution < 1.29 is 9.66 Å². The van der Waals surface area contributed by atoms with Crippen LogP contribution in [0.15, 0.2) is 100.0 Å². The Morgan fingerprint density at radius 3 is 2.25 bits per heavy atom. The first-order chi connectivity index (χ1) is 19.5. The first kappa shape index (κ1) is 26.8. The number of aromatic nitrogens is 1.